The van der Waals surface area contributed by atoms with Crippen LogP contribution in [0.25, 0.3) is 0 Å². The number of amides is 1. The van der Waals surface area contributed by atoms with E-state index in [9.17, 15) is 10.0 Å². The molecule has 12 heavy (non-hydrogen) atoms. The molecule has 1 aromatic rings. The second-order valence-electron chi connectivity index (χ2n) is 2.47. The molecule has 0 aromatic heterocycles. The molecule has 4 heteroatoms. The molecule has 60 valence electrons. The zero-order valence-electron chi connectivity index (χ0n) is 6.15. The van der Waals surface area contributed by atoms with E-state index in [2.05, 4.69) is 4.99 Å². The first-order valence-corrected chi connectivity index (χ1v) is 3.51. The maximum atomic E-state index is 11.2. The van der Waals surface area contributed by atoms with E-state index in [-0.39, 0.29) is 0 Å². The summed E-state index contributed by atoms with van der Waals surface area (Å²) in [6.45, 7) is 0. The van der Waals surface area contributed by atoms with Gasteiger partial charge in [-0.15, -0.1) is 0 Å². The lowest BCUT2D eigenvalue weighted by Crippen LogP contribution is -3.06. The molecular weight excluding hydrogens is 156 g/mol. The summed E-state index contributed by atoms with van der Waals surface area (Å²) >= 11 is 0. The van der Waals surface area contributed by atoms with Crippen LogP contribution in [-0.2, 0) is 4.79 Å². The van der Waals surface area contributed by atoms with E-state index in [0.29, 0.717) is 11.4 Å². The van der Waals surface area contributed by atoms with Gasteiger partial charge in [0.1, 0.15) is 11.9 Å². The van der Waals surface area contributed by atoms with Crippen LogP contribution < -0.4 is 5.06 Å². The maximum Gasteiger partial charge on any atom is 0.360 e. The number of benzene rings is 1. The number of hydroxylamine groups is 1. The Bertz CT molecular complexity index is 360. The van der Waals surface area contributed by atoms with Crippen LogP contribution in [0.5, 0.6) is 0 Å². The van der Waals surface area contributed by atoms with Gasteiger partial charge in [-0.3, -0.25) is 5.06 Å². The summed E-state index contributed by atoms with van der Waals surface area (Å²) in [5.74, 6) is -0.547. The van der Waals surface area contributed by atoms with Crippen molar-refractivity contribution in [2.24, 2.45) is 4.99 Å². The number of carbonyl (C=O) groups excluding carboxylic acids is 1. The Labute approximate surface area is 68.7 Å². The fraction of sp³-hybridized carbons (Fsp3) is 0. The first-order chi connectivity index (χ1) is 5.79. The first-order valence-electron chi connectivity index (χ1n) is 3.51. The monoisotopic (exact) mass is 162 g/mol. The van der Waals surface area contributed by atoms with E-state index < -0.39 is 11.0 Å². The third kappa shape index (κ3) is 0.939. The van der Waals surface area contributed by atoms with Crippen LogP contribution in [0, 0.1) is 5.21 Å². The smallest absolute Gasteiger partial charge is 0.360 e. The molecule has 1 N–H and O–H groups in total. The fourth-order valence-electron chi connectivity index (χ4n) is 1.10. The Morgan fingerprint density at radius 2 is 2.08 bits per heavy atom. The molecule has 1 unspecified atom stereocenters. The number of nitrogens with zero attached hydrogens (tertiary/aromatic N) is 1. The molecule has 1 atom stereocenters. The number of para-hydroxylation sites is 2. The van der Waals surface area contributed by atoms with Crippen molar-refractivity contribution in [2.45, 2.75) is 0 Å². The average molecular weight is 162 g/mol. The summed E-state index contributed by atoms with van der Waals surface area (Å²) in [6, 6.07) is 6.80. The van der Waals surface area contributed by atoms with E-state index in [1.54, 1.807) is 24.3 Å². The van der Waals surface area contributed by atoms with Gasteiger partial charge >= 0.3 is 5.91 Å². The van der Waals surface area contributed by atoms with E-state index in [1.165, 1.54) is 0 Å². The summed E-state index contributed by atoms with van der Waals surface area (Å²) in [4.78, 5) is 14.7. The van der Waals surface area contributed by atoms with Crippen molar-refractivity contribution in [2.75, 3.05) is 0 Å². The molecule has 1 amide bonds. The number of aliphatic imine (C=N–C) groups is 1. The zero-order valence-corrected chi connectivity index (χ0v) is 6.15. The number of hydrogen-bond donors (Lipinski definition) is 1. The third-order valence-corrected chi connectivity index (χ3v) is 1.69. The second kappa shape index (κ2) is 2.51. The predicted octanol–water partition coefficient (Wildman–Crippen LogP) is -0.0567. The van der Waals surface area contributed by atoms with Crippen molar-refractivity contribution in [1.29, 1.82) is 0 Å². The normalized spacial score (nSPS) is 20.8. The summed E-state index contributed by atoms with van der Waals surface area (Å²) in [5.41, 5.74) is 0.965. The van der Waals surface area contributed by atoms with Gasteiger partial charge in [0.2, 0.25) is 0 Å². The number of nitrogens with one attached hydrogen (secondary N) is 1. The van der Waals surface area contributed by atoms with Gasteiger partial charge in [0.15, 0.2) is 5.69 Å². The van der Waals surface area contributed by atoms with Crippen LogP contribution in [0.2, 0.25) is 0 Å². The van der Waals surface area contributed by atoms with Gasteiger partial charge in [-0.25, -0.2) is 9.79 Å². The number of hydrogen-bond acceptors (Lipinski definition) is 3. The third-order valence-electron chi connectivity index (χ3n) is 1.69. The average Bonchev–Trinajstić information content (AvgIpc) is 2.12. The Hall–Kier alpha value is -1.52. The fourth-order valence-corrected chi connectivity index (χ4v) is 1.10. The SMILES string of the molecule is O=C1C=Nc2ccccc2[NH+]1[O-]. The number of carbonyl (C=O) groups is 1. The van der Waals surface area contributed by atoms with E-state index in [4.69, 9.17) is 0 Å². The highest BCUT2D eigenvalue weighted by Crippen LogP contribution is 2.21. The van der Waals surface area contributed by atoms with Gasteiger partial charge in [-0.05, 0) is 6.07 Å². The Morgan fingerprint density at radius 1 is 1.33 bits per heavy atom. The minimum atomic E-state index is -0.547. The number of quaternary nitrogens is 1. The van der Waals surface area contributed by atoms with Crippen molar-refractivity contribution in [3.8, 4) is 0 Å². The van der Waals surface area contributed by atoms with Crippen LogP contribution in [0.3, 0.4) is 0 Å². The lowest BCUT2D eigenvalue weighted by atomic mass is 10.2. The van der Waals surface area contributed by atoms with E-state index in [1.807, 2.05) is 0 Å². The van der Waals surface area contributed by atoms with Crippen molar-refractivity contribution in [3.05, 3.63) is 29.5 Å². The Balaban J connectivity index is 2.59. The highest BCUT2D eigenvalue weighted by molar-refractivity contribution is 6.24. The summed E-state index contributed by atoms with van der Waals surface area (Å²) < 4.78 is 0. The second-order valence-corrected chi connectivity index (χ2v) is 2.47. The first kappa shape index (κ1) is 7.15. The van der Waals surface area contributed by atoms with Gasteiger partial charge in [0.05, 0.1) is 0 Å². The Morgan fingerprint density at radius 3 is 2.92 bits per heavy atom. The predicted molar refractivity (Wildman–Crippen MR) is 43.6 cm³/mol. The summed E-state index contributed by atoms with van der Waals surface area (Å²) in [6.07, 6.45) is 1.06. The molecule has 0 saturated carbocycles. The maximum absolute atomic E-state index is 11.2. The van der Waals surface area contributed by atoms with Gasteiger partial charge < -0.3 is 5.21 Å². The topological polar surface area (TPSA) is 56.9 Å². The molecule has 0 radical (unpaired) electrons. The minimum absolute atomic E-state index is 0.394. The molecule has 1 aliphatic rings. The molecule has 4 nitrogen and oxygen atoms in total. The standard InChI is InChI=1S/C8H6N2O2/c11-8-5-9-6-3-1-2-4-7(6)10(8)12/h1-5,10H. The molecule has 0 spiro atoms. The van der Waals surface area contributed by atoms with E-state index >= 15 is 0 Å². The van der Waals surface area contributed by atoms with Gasteiger partial charge in [0.25, 0.3) is 0 Å². The molecule has 0 bridgehead atoms. The van der Waals surface area contributed by atoms with Crippen LogP contribution >= 0.6 is 0 Å². The molecular formula is C8H6N2O2. The van der Waals surface area contributed by atoms with Crippen LogP contribution in [0.1, 0.15) is 0 Å². The molecule has 1 aliphatic heterocycles. The molecule has 0 saturated heterocycles. The number of fused-ring (bicyclic) bond motifs is 1. The summed E-state index contributed by atoms with van der Waals surface area (Å²) in [7, 11) is 0. The van der Waals surface area contributed by atoms with Gasteiger partial charge in [-0.2, -0.15) is 0 Å². The van der Waals surface area contributed by atoms with Crippen LogP contribution in [0.15, 0.2) is 29.3 Å². The zero-order chi connectivity index (χ0) is 8.55. The highest BCUT2D eigenvalue weighted by Gasteiger charge is 2.19. The summed E-state index contributed by atoms with van der Waals surface area (Å²) in [5, 5.41) is 10.7. The van der Waals surface area contributed by atoms with Crippen molar-refractivity contribution in [3.63, 3.8) is 0 Å². The van der Waals surface area contributed by atoms with Crippen LogP contribution in [-0.4, -0.2) is 12.1 Å². The van der Waals surface area contributed by atoms with E-state index in [0.717, 1.165) is 6.21 Å². The lowest BCUT2D eigenvalue weighted by molar-refractivity contribution is -0.683. The largest absolute Gasteiger partial charge is 0.621 e. The molecule has 0 fully saturated rings. The van der Waals surface area contributed by atoms with Crippen molar-refractivity contribution >= 4 is 23.5 Å². The molecule has 1 aromatic carbocycles. The lowest BCUT2D eigenvalue weighted by Gasteiger charge is -2.20. The van der Waals surface area contributed by atoms with Crippen molar-refractivity contribution < 1.29 is 9.86 Å². The molecule has 1 heterocycles. The quantitative estimate of drug-likeness (QED) is 0.543. The van der Waals surface area contributed by atoms with Crippen LogP contribution in [0.4, 0.5) is 11.4 Å². The Kier molecular flexibility index (Phi) is 1.49. The minimum Gasteiger partial charge on any atom is -0.621 e. The molecule has 0 aliphatic carbocycles. The van der Waals surface area contributed by atoms with Gasteiger partial charge in [-0.1, -0.05) is 12.1 Å². The highest BCUT2D eigenvalue weighted by atomic mass is 16.5. The molecule has 2 rings (SSSR count). The number of rotatable bonds is 0. The van der Waals surface area contributed by atoms with Gasteiger partial charge in [0, 0.05) is 6.07 Å². The van der Waals surface area contributed by atoms with Crippen molar-refractivity contribution in [1.82, 2.24) is 0 Å².